The average Bonchev–Trinajstić information content (AvgIpc) is 2.85. The van der Waals surface area contributed by atoms with Crippen LogP contribution in [0.1, 0.15) is 12.8 Å². The molecule has 0 saturated heterocycles. The molecule has 0 unspecified atom stereocenters. The van der Waals surface area contributed by atoms with Crippen LogP contribution in [0.4, 0.5) is 23.0 Å². The van der Waals surface area contributed by atoms with Gasteiger partial charge in [0, 0.05) is 31.9 Å². The van der Waals surface area contributed by atoms with Gasteiger partial charge in [-0.25, -0.2) is 18.4 Å². The van der Waals surface area contributed by atoms with Gasteiger partial charge < -0.3 is 25.4 Å². The second kappa shape index (κ2) is 14.9. The zero-order chi connectivity index (χ0) is 26.1. The number of azo groups is 1. The van der Waals surface area contributed by atoms with Gasteiger partial charge in [0.2, 0.25) is 0 Å². The molecule has 0 aliphatic heterocycles. The van der Waals surface area contributed by atoms with E-state index in [0.717, 1.165) is 17.7 Å². The Morgan fingerprint density at radius 1 is 0.892 bits per heavy atom. The van der Waals surface area contributed by atoms with Crippen molar-refractivity contribution >= 4 is 56.3 Å². The molecule has 192 valence electrons. The van der Waals surface area contributed by atoms with Crippen LogP contribution < -0.4 is 40.2 Å². The summed E-state index contributed by atoms with van der Waals surface area (Å²) in [5, 5.41) is 32.4. The van der Waals surface area contributed by atoms with Gasteiger partial charge in [0.05, 0.1) is 14.9 Å². The molecule has 1 heterocycles. The van der Waals surface area contributed by atoms with E-state index in [0.29, 0.717) is 43.4 Å². The molecule has 0 aliphatic rings. The van der Waals surface area contributed by atoms with Crippen molar-refractivity contribution in [3.05, 3.63) is 52.5 Å². The molecule has 0 radical (unpaired) electrons. The van der Waals surface area contributed by atoms with E-state index >= 15 is 0 Å². The number of halogens is 2. The SMILES string of the molecule is O=S(=O)([O-])c1cc(Cl)c(N=Nc2c(NCCCO)nc(-c3ccccc3)nc2NCCCO)cc1Cl.[Na+]. The molecule has 3 rings (SSSR count). The van der Waals surface area contributed by atoms with E-state index in [1.807, 2.05) is 30.3 Å². The number of aliphatic hydroxyl groups excluding tert-OH is 2. The number of rotatable bonds is 12. The van der Waals surface area contributed by atoms with E-state index in [9.17, 15) is 23.2 Å². The first-order valence-corrected chi connectivity index (χ1v) is 12.9. The molecule has 3 aromatic rings. The van der Waals surface area contributed by atoms with E-state index < -0.39 is 15.0 Å². The minimum atomic E-state index is -4.83. The van der Waals surface area contributed by atoms with Gasteiger partial charge in [0.1, 0.15) is 15.8 Å². The summed E-state index contributed by atoms with van der Waals surface area (Å²) in [7, 11) is -4.83. The fourth-order valence-electron chi connectivity index (χ4n) is 2.97. The van der Waals surface area contributed by atoms with Crippen LogP contribution in [0.2, 0.25) is 10.0 Å². The number of aromatic nitrogens is 2. The molecule has 0 amide bonds. The molecule has 2 aromatic carbocycles. The molecule has 0 bridgehead atoms. The number of anilines is 2. The van der Waals surface area contributed by atoms with Gasteiger partial charge in [-0.2, -0.15) is 0 Å². The summed E-state index contributed by atoms with van der Waals surface area (Å²) in [4.78, 5) is 8.49. The quantitative estimate of drug-likeness (QED) is 0.107. The molecule has 11 nitrogen and oxygen atoms in total. The number of nitrogens with one attached hydrogen (secondary N) is 2. The molecule has 37 heavy (non-hydrogen) atoms. The largest absolute Gasteiger partial charge is 1.00 e. The van der Waals surface area contributed by atoms with Gasteiger partial charge in [0.25, 0.3) is 0 Å². The fourth-order valence-corrected chi connectivity index (χ4v) is 4.24. The zero-order valence-corrected chi connectivity index (χ0v) is 24.2. The van der Waals surface area contributed by atoms with Crippen molar-refractivity contribution in [1.29, 1.82) is 0 Å². The molecule has 0 aliphatic carbocycles. The summed E-state index contributed by atoms with van der Waals surface area (Å²) < 4.78 is 34.1. The standard InChI is InChI=1S/C22H24Cl2N6O5S.Na/c23-15-13-18(36(33,34)35)16(24)12-17(15)29-30-19-21(25-8-4-10-31)27-20(14-6-2-1-3-7-14)28-22(19)26-9-5-11-32;/h1-3,6-7,12-13,31-32H,4-5,8-11H2,(H,33,34,35)(H2,25,26,27,28);/q;+1/p-1. The van der Waals surface area contributed by atoms with Gasteiger partial charge in [-0.3, -0.25) is 0 Å². The maximum absolute atomic E-state index is 11.4. The second-order valence-electron chi connectivity index (χ2n) is 7.36. The van der Waals surface area contributed by atoms with Crippen LogP contribution in [-0.2, 0) is 10.1 Å². The predicted octanol–water partition coefficient (Wildman–Crippen LogP) is 1.36. The third-order valence-corrected chi connectivity index (χ3v) is 6.30. The number of hydrogen-bond acceptors (Lipinski definition) is 11. The van der Waals surface area contributed by atoms with Crippen LogP contribution in [0.25, 0.3) is 11.4 Å². The van der Waals surface area contributed by atoms with Crippen LogP contribution in [-0.4, -0.2) is 59.5 Å². The molecule has 1 aromatic heterocycles. The minimum absolute atomic E-state index is 0. The normalized spacial score (nSPS) is 11.4. The average molecular weight is 577 g/mol. The minimum Gasteiger partial charge on any atom is -0.744 e. The van der Waals surface area contributed by atoms with Crippen molar-refractivity contribution in [1.82, 2.24) is 9.97 Å². The third-order valence-electron chi connectivity index (χ3n) is 4.70. The number of nitrogens with zero attached hydrogens (tertiary/aromatic N) is 4. The van der Waals surface area contributed by atoms with E-state index in [1.54, 1.807) is 0 Å². The Bertz CT molecular complexity index is 1300. The number of hydrogen-bond donors (Lipinski definition) is 4. The van der Waals surface area contributed by atoms with E-state index in [-0.39, 0.29) is 64.2 Å². The fraction of sp³-hybridized carbons (Fsp3) is 0.273. The third kappa shape index (κ3) is 8.84. The van der Waals surface area contributed by atoms with Crippen molar-refractivity contribution in [3.63, 3.8) is 0 Å². The number of benzene rings is 2. The Morgan fingerprint density at radius 3 is 1.97 bits per heavy atom. The summed E-state index contributed by atoms with van der Waals surface area (Å²) in [6.45, 7) is 0.683. The number of aliphatic hydroxyl groups is 2. The Hall–Kier alpha value is -1.87. The maximum atomic E-state index is 11.4. The van der Waals surface area contributed by atoms with E-state index in [4.69, 9.17) is 23.2 Å². The molecule has 4 N–H and O–H groups in total. The van der Waals surface area contributed by atoms with Crippen LogP contribution in [0.3, 0.4) is 0 Å². The Labute approximate surface area is 246 Å². The predicted molar refractivity (Wildman–Crippen MR) is 136 cm³/mol. The summed E-state index contributed by atoms with van der Waals surface area (Å²) in [5.41, 5.74) is 0.975. The smallest absolute Gasteiger partial charge is 0.744 e. The van der Waals surface area contributed by atoms with Crippen LogP contribution >= 0.6 is 23.2 Å². The first-order valence-electron chi connectivity index (χ1n) is 10.8. The van der Waals surface area contributed by atoms with Gasteiger partial charge in [0.15, 0.2) is 23.1 Å². The summed E-state index contributed by atoms with van der Waals surface area (Å²) >= 11 is 12.1. The van der Waals surface area contributed by atoms with E-state index in [2.05, 4.69) is 30.8 Å². The molecule has 0 atom stereocenters. The molecular formula is C22H23Cl2N6NaO5S. The van der Waals surface area contributed by atoms with Crippen molar-refractivity contribution in [2.75, 3.05) is 36.9 Å². The Morgan fingerprint density at radius 2 is 1.46 bits per heavy atom. The molecule has 0 saturated carbocycles. The first-order chi connectivity index (χ1) is 17.2. The first kappa shape index (κ1) is 31.3. The Kier molecular flexibility index (Phi) is 12.6. The molecule has 15 heteroatoms. The van der Waals surface area contributed by atoms with Gasteiger partial charge in [-0.05, 0) is 25.0 Å². The summed E-state index contributed by atoms with van der Waals surface area (Å²) in [5.74, 6) is 1.03. The van der Waals surface area contributed by atoms with Crippen LogP contribution in [0.15, 0.2) is 57.6 Å². The monoisotopic (exact) mass is 576 g/mol. The zero-order valence-electron chi connectivity index (χ0n) is 19.9. The molecule has 0 spiro atoms. The van der Waals surface area contributed by atoms with Crippen molar-refractivity contribution in [3.8, 4) is 11.4 Å². The van der Waals surface area contributed by atoms with Crippen molar-refractivity contribution in [2.45, 2.75) is 17.7 Å². The van der Waals surface area contributed by atoms with Gasteiger partial charge in [-0.15, -0.1) is 10.2 Å². The molecule has 0 fully saturated rings. The second-order valence-corrected chi connectivity index (χ2v) is 9.52. The molecular weight excluding hydrogens is 554 g/mol. The maximum Gasteiger partial charge on any atom is 1.00 e. The van der Waals surface area contributed by atoms with Gasteiger partial charge in [-0.1, -0.05) is 53.5 Å². The summed E-state index contributed by atoms with van der Waals surface area (Å²) in [6, 6.07) is 11.3. The van der Waals surface area contributed by atoms with Crippen molar-refractivity contribution < 1.29 is 52.7 Å². The van der Waals surface area contributed by atoms with E-state index in [1.165, 1.54) is 0 Å². The van der Waals surface area contributed by atoms with Crippen LogP contribution in [0, 0.1) is 0 Å². The summed E-state index contributed by atoms with van der Waals surface area (Å²) in [6.07, 6.45) is 0.891. The van der Waals surface area contributed by atoms with Crippen LogP contribution in [0.5, 0.6) is 0 Å². The topological polar surface area (TPSA) is 172 Å². The Balaban J connectivity index is 0.00000481. The van der Waals surface area contributed by atoms with Crippen molar-refractivity contribution in [2.24, 2.45) is 10.2 Å². The van der Waals surface area contributed by atoms with Gasteiger partial charge >= 0.3 is 29.6 Å².